The largest absolute Gasteiger partial charge is 0.384 e. The zero-order chi connectivity index (χ0) is 13.1. The molecule has 0 bridgehead atoms. The third kappa shape index (κ3) is 3.11. The molecule has 2 aromatic heterocycles. The van der Waals surface area contributed by atoms with Gasteiger partial charge < -0.3 is 11.1 Å². The fraction of sp³-hybridized carbons (Fsp3) is 0.333. The van der Waals surface area contributed by atoms with Gasteiger partial charge in [-0.1, -0.05) is 18.5 Å². The van der Waals surface area contributed by atoms with Crippen molar-refractivity contribution < 1.29 is 0 Å². The number of nitrogen functional groups attached to an aromatic ring is 1. The molecule has 96 valence electrons. The Morgan fingerprint density at radius 2 is 2.22 bits per heavy atom. The van der Waals surface area contributed by atoms with E-state index >= 15 is 0 Å². The maximum Gasteiger partial charge on any atom is 0.132 e. The van der Waals surface area contributed by atoms with Crippen molar-refractivity contribution in [3.8, 4) is 0 Å². The Labute approximate surface area is 115 Å². The highest BCUT2D eigenvalue weighted by molar-refractivity contribution is 7.16. The summed E-state index contributed by atoms with van der Waals surface area (Å²) in [5.74, 6) is 1.98. The molecule has 0 aliphatic heterocycles. The molecule has 0 fully saturated rings. The van der Waals surface area contributed by atoms with Crippen LogP contribution in [-0.4, -0.2) is 9.97 Å². The number of nitrogens with two attached hydrogens (primary N) is 1. The number of aromatic nitrogens is 2. The van der Waals surface area contributed by atoms with Gasteiger partial charge in [-0.3, -0.25) is 0 Å². The lowest BCUT2D eigenvalue weighted by molar-refractivity contribution is 0.874. The quantitative estimate of drug-likeness (QED) is 0.901. The van der Waals surface area contributed by atoms with Gasteiger partial charge in [0.25, 0.3) is 0 Å². The standard InChI is InChI=1S/C12H15ClN4S/c1-3-11-16-10(14)6-12(17-11)15-7(2)8-4-5-9(13)18-8/h4-7H,3H2,1-2H3,(H3,14,15,16,17). The molecule has 2 aromatic rings. The van der Waals surface area contributed by atoms with Crippen LogP contribution >= 0.6 is 22.9 Å². The number of nitrogens with one attached hydrogen (secondary N) is 1. The maximum atomic E-state index is 5.93. The molecule has 18 heavy (non-hydrogen) atoms. The monoisotopic (exact) mass is 282 g/mol. The molecular weight excluding hydrogens is 268 g/mol. The third-order valence-corrected chi connectivity index (χ3v) is 3.91. The van der Waals surface area contributed by atoms with Crippen LogP contribution in [-0.2, 0) is 6.42 Å². The van der Waals surface area contributed by atoms with Crippen LogP contribution in [0.3, 0.4) is 0 Å². The Kier molecular flexibility index (Phi) is 4.04. The van der Waals surface area contributed by atoms with Crippen molar-refractivity contribution in [3.05, 3.63) is 33.2 Å². The molecule has 0 spiro atoms. The van der Waals surface area contributed by atoms with E-state index in [1.54, 1.807) is 17.4 Å². The summed E-state index contributed by atoms with van der Waals surface area (Å²) >= 11 is 7.48. The Bertz CT molecular complexity index is 541. The van der Waals surface area contributed by atoms with Gasteiger partial charge in [0.1, 0.15) is 17.5 Å². The Hall–Kier alpha value is -1.33. The van der Waals surface area contributed by atoms with Crippen LogP contribution < -0.4 is 11.1 Å². The second kappa shape index (κ2) is 5.54. The SMILES string of the molecule is CCc1nc(N)cc(NC(C)c2ccc(Cl)s2)n1. The van der Waals surface area contributed by atoms with Crippen molar-refractivity contribution in [3.63, 3.8) is 0 Å². The number of hydrogen-bond acceptors (Lipinski definition) is 5. The predicted molar refractivity (Wildman–Crippen MR) is 77.2 cm³/mol. The zero-order valence-electron chi connectivity index (χ0n) is 10.3. The smallest absolute Gasteiger partial charge is 0.132 e. The number of aryl methyl sites for hydroxylation is 1. The molecule has 1 unspecified atom stereocenters. The Morgan fingerprint density at radius 1 is 1.44 bits per heavy atom. The lowest BCUT2D eigenvalue weighted by Crippen LogP contribution is -2.09. The molecule has 2 heterocycles. The fourth-order valence-electron chi connectivity index (χ4n) is 1.60. The third-order valence-electron chi connectivity index (χ3n) is 2.49. The second-order valence-corrected chi connectivity index (χ2v) is 5.70. The molecule has 6 heteroatoms. The first-order chi connectivity index (χ1) is 8.58. The van der Waals surface area contributed by atoms with Crippen LogP contribution in [0.25, 0.3) is 0 Å². The van der Waals surface area contributed by atoms with E-state index in [1.165, 1.54) is 0 Å². The molecule has 1 atom stereocenters. The predicted octanol–water partition coefficient (Wildman–Crippen LogP) is 3.51. The highest BCUT2D eigenvalue weighted by atomic mass is 35.5. The van der Waals surface area contributed by atoms with Gasteiger partial charge in [-0.2, -0.15) is 0 Å². The van der Waals surface area contributed by atoms with Crippen molar-refractivity contribution in [1.29, 1.82) is 0 Å². The van der Waals surface area contributed by atoms with Gasteiger partial charge >= 0.3 is 0 Å². The average Bonchev–Trinajstić information content (AvgIpc) is 2.75. The second-order valence-electron chi connectivity index (χ2n) is 3.96. The molecule has 0 amide bonds. The highest BCUT2D eigenvalue weighted by Gasteiger charge is 2.10. The number of hydrogen-bond donors (Lipinski definition) is 2. The van der Waals surface area contributed by atoms with E-state index in [9.17, 15) is 0 Å². The summed E-state index contributed by atoms with van der Waals surface area (Å²) < 4.78 is 0.787. The van der Waals surface area contributed by atoms with Crippen LogP contribution in [0.15, 0.2) is 18.2 Å². The maximum absolute atomic E-state index is 5.93. The summed E-state index contributed by atoms with van der Waals surface area (Å²) in [7, 11) is 0. The van der Waals surface area contributed by atoms with E-state index < -0.39 is 0 Å². The number of halogens is 1. The summed E-state index contributed by atoms with van der Waals surface area (Å²) in [5.41, 5.74) is 5.74. The summed E-state index contributed by atoms with van der Waals surface area (Å²) in [6, 6.07) is 5.79. The van der Waals surface area contributed by atoms with Crippen LogP contribution in [0, 0.1) is 0 Å². The number of thiophene rings is 1. The molecule has 0 aliphatic rings. The first-order valence-electron chi connectivity index (χ1n) is 5.73. The first kappa shape index (κ1) is 13.1. The molecule has 0 radical (unpaired) electrons. The normalized spacial score (nSPS) is 12.4. The highest BCUT2D eigenvalue weighted by Crippen LogP contribution is 2.28. The van der Waals surface area contributed by atoms with Crippen molar-refractivity contribution in [2.75, 3.05) is 11.1 Å². The van der Waals surface area contributed by atoms with E-state index in [0.29, 0.717) is 5.82 Å². The van der Waals surface area contributed by atoms with E-state index in [4.69, 9.17) is 17.3 Å². The summed E-state index contributed by atoms with van der Waals surface area (Å²) in [4.78, 5) is 9.70. The Balaban J connectivity index is 2.16. The average molecular weight is 283 g/mol. The van der Waals surface area contributed by atoms with Gasteiger partial charge in [0.15, 0.2) is 0 Å². The molecular formula is C12H15ClN4S. The number of nitrogens with zero attached hydrogens (tertiary/aromatic N) is 2. The van der Waals surface area contributed by atoms with Crippen LogP contribution in [0.2, 0.25) is 4.34 Å². The molecule has 0 saturated heterocycles. The van der Waals surface area contributed by atoms with Crippen molar-refractivity contribution >= 4 is 34.6 Å². The van der Waals surface area contributed by atoms with Gasteiger partial charge in [0.05, 0.1) is 10.4 Å². The lowest BCUT2D eigenvalue weighted by Gasteiger charge is -2.13. The van der Waals surface area contributed by atoms with Gasteiger partial charge in [-0.15, -0.1) is 11.3 Å². The van der Waals surface area contributed by atoms with E-state index in [-0.39, 0.29) is 6.04 Å². The Morgan fingerprint density at radius 3 is 2.83 bits per heavy atom. The zero-order valence-corrected chi connectivity index (χ0v) is 11.8. The molecule has 2 rings (SSSR count). The summed E-state index contributed by atoms with van der Waals surface area (Å²) in [6.45, 7) is 4.06. The van der Waals surface area contributed by atoms with Crippen LogP contribution in [0.1, 0.15) is 30.6 Å². The van der Waals surface area contributed by atoms with Crippen molar-refractivity contribution in [2.24, 2.45) is 0 Å². The topological polar surface area (TPSA) is 63.8 Å². The van der Waals surface area contributed by atoms with E-state index in [1.807, 2.05) is 19.1 Å². The van der Waals surface area contributed by atoms with Crippen LogP contribution in [0.5, 0.6) is 0 Å². The van der Waals surface area contributed by atoms with Crippen LogP contribution in [0.4, 0.5) is 11.6 Å². The molecule has 0 aliphatic carbocycles. The van der Waals surface area contributed by atoms with Gasteiger partial charge in [0.2, 0.25) is 0 Å². The number of rotatable bonds is 4. The van der Waals surface area contributed by atoms with Crippen molar-refractivity contribution in [1.82, 2.24) is 9.97 Å². The minimum Gasteiger partial charge on any atom is -0.384 e. The summed E-state index contributed by atoms with van der Waals surface area (Å²) in [6.07, 6.45) is 0.763. The minimum atomic E-state index is 0.140. The van der Waals surface area contributed by atoms with Gasteiger partial charge in [0, 0.05) is 17.4 Å². The number of anilines is 2. The molecule has 4 nitrogen and oxygen atoms in total. The lowest BCUT2D eigenvalue weighted by atomic mass is 10.3. The summed E-state index contributed by atoms with van der Waals surface area (Å²) in [5, 5.41) is 3.31. The fourth-order valence-corrected chi connectivity index (χ4v) is 2.67. The molecule has 3 N–H and O–H groups in total. The minimum absolute atomic E-state index is 0.140. The van der Waals surface area contributed by atoms with E-state index in [2.05, 4.69) is 22.2 Å². The van der Waals surface area contributed by atoms with E-state index in [0.717, 1.165) is 27.3 Å². The van der Waals surface area contributed by atoms with Gasteiger partial charge in [-0.25, -0.2) is 9.97 Å². The van der Waals surface area contributed by atoms with Gasteiger partial charge in [-0.05, 0) is 19.1 Å². The molecule has 0 aromatic carbocycles. The molecule has 0 saturated carbocycles. The first-order valence-corrected chi connectivity index (χ1v) is 6.93. The van der Waals surface area contributed by atoms with Crippen molar-refractivity contribution in [2.45, 2.75) is 26.3 Å².